The van der Waals surface area contributed by atoms with Gasteiger partial charge in [-0.05, 0) is 0 Å². The fourth-order valence-electron chi connectivity index (χ4n) is 0.931. The molecule has 1 N–H and O–H groups in total. The van der Waals surface area contributed by atoms with Crippen LogP contribution in [0.25, 0.3) is 5.78 Å². The maximum Gasteiger partial charge on any atom is 0.418 e. The van der Waals surface area contributed by atoms with E-state index in [4.69, 9.17) is 11.6 Å². The minimum absolute atomic E-state index is 0.0722. The minimum atomic E-state index is -0.229. The molecule has 62 valence electrons. The van der Waals surface area contributed by atoms with Gasteiger partial charge in [-0.25, -0.2) is 0 Å². The number of nitrogens with one attached hydrogen (secondary N) is 1. The third kappa shape index (κ3) is 0.884. The molecule has 0 aromatic carbocycles. The Hall–Kier alpha value is -1.43. The van der Waals surface area contributed by atoms with Gasteiger partial charge in [-0.2, -0.15) is 4.57 Å². The quantitative estimate of drug-likeness (QED) is 0.470. The molecule has 6 nitrogen and oxygen atoms in total. The van der Waals surface area contributed by atoms with Crippen LogP contribution in [0.3, 0.4) is 0 Å². The second kappa shape index (κ2) is 2.56. The normalized spacial score (nSPS) is 10.8. The van der Waals surface area contributed by atoms with Crippen LogP contribution in [0, 0.1) is 0 Å². The second-order valence-electron chi connectivity index (χ2n) is 2.17. The first kappa shape index (κ1) is 7.23. The minimum Gasteiger partial charge on any atom is -0.259 e. The standard InChI is InChI=1S/C5H4ClN5O/c6-3-4(12)10-1-2-11-5(10)7-8-9-11/h1-2H,3H2/p+1. The van der Waals surface area contributed by atoms with Crippen molar-refractivity contribution >= 4 is 23.3 Å². The molecule has 0 atom stereocenters. The molecular weight excluding hydrogens is 182 g/mol. The van der Waals surface area contributed by atoms with E-state index < -0.39 is 0 Å². The summed E-state index contributed by atoms with van der Waals surface area (Å²) in [5, 5.41) is 9.76. The Kier molecular flexibility index (Phi) is 1.54. The molecule has 0 aliphatic carbocycles. The van der Waals surface area contributed by atoms with Crippen LogP contribution in [-0.4, -0.2) is 31.9 Å². The van der Waals surface area contributed by atoms with Crippen molar-refractivity contribution in [3.63, 3.8) is 0 Å². The molecule has 2 rings (SSSR count). The van der Waals surface area contributed by atoms with E-state index in [0.717, 1.165) is 0 Å². The van der Waals surface area contributed by atoms with Gasteiger partial charge in [0.25, 0.3) is 5.91 Å². The third-order valence-electron chi connectivity index (χ3n) is 1.47. The van der Waals surface area contributed by atoms with Crippen LogP contribution >= 0.6 is 11.6 Å². The van der Waals surface area contributed by atoms with E-state index in [9.17, 15) is 4.79 Å². The highest BCUT2D eigenvalue weighted by Crippen LogP contribution is 1.93. The number of nitrogens with zero attached hydrogens (tertiary/aromatic N) is 4. The maximum absolute atomic E-state index is 11.1. The molecule has 2 aromatic heterocycles. The first-order valence-corrected chi connectivity index (χ1v) is 3.75. The molecule has 0 aliphatic heterocycles. The number of hydrogen-bond donors (Lipinski definition) is 1. The molecule has 0 fully saturated rings. The van der Waals surface area contributed by atoms with Crippen molar-refractivity contribution in [1.29, 1.82) is 0 Å². The summed E-state index contributed by atoms with van der Waals surface area (Å²) in [5.74, 6) is 0.130. The van der Waals surface area contributed by atoms with Gasteiger partial charge in [-0.3, -0.25) is 4.79 Å². The van der Waals surface area contributed by atoms with Crippen molar-refractivity contribution in [3.8, 4) is 0 Å². The second-order valence-corrected chi connectivity index (χ2v) is 2.43. The molecule has 0 saturated heterocycles. The lowest BCUT2D eigenvalue weighted by Gasteiger charge is -1.87. The lowest BCUT2D eigenvalue weighted by Crippen LogP contribution is -2.22. The fourth-order valence-corrected chi connectivity index (χ4v) is 1.06. The maximum atomic E-state index is 11.1. The van der Waals surface area contributed by atoms with Crippen LogP contribution in [0.15, 0.2) is 12.4 Å². The van der Waals surface area contributed by atoms with Gasteiger partial charge in [-0.15, -0.1) is 16.1 Å². The van der Waals surface area contributed by atoms with Crippen LogP contribution in [0.5, 0.6) is 0 Å². The molecule has 2 aromatic rings. The molecule has 0 amide bonds. The molecule has 0 bridgehead atoms. The Morgan fingerprint density at radius 3 is 3.42 bits per heavy atom. The van der Waals surface area contributed by atoms with Crippen LogP contribution in [0.2, 0.25) is 0 Å². The van der Waals surface area contributed by atoms with Crippen molar-refractivity contribution in [1.82, 2.24) is 20.1 Å². The number of halogens is 1. The molecule has 2 heterocycles. The highest BCUT2D eigenvalue weighted by atomic mass is 35.5. The Morgan fingerprint density at radius 2 is 2.67 bits per heavy atom. The monoisotopic (exact) mass is 186 g/mol. The molecule has 0 aliphatic rings. The number of carbonyl (C=O) groups excluding carboxylic acids is 1. The molecule has 0 unspecified atom stereocenters. The van der Waals surface area contributed by atoms with Crippen LogP contribution in [0.1, 0.15) is 4.79 Å². The van der Waals surface area contributed by atoms with Gasteiger partial charge >= 0.3 is 5.78 Å². The SMILES string of the molecule is O=C(CCl)n1cc[n+]2[nH]nnc12. The Bertz CT molecular complexity index is 418. The molecule has 0 spiro atoms. The molecule has 12 heavy (non-hydrogen) atoms. The average Bonchev–Trinajstić information content (AvgIpc) is 2.62. The number of imidazole rings is 1. The van der Waals surface area contributed by atoms with E-state index in [1.807, 2.05) is 0 Å². The van der Waals surface area contributed by atoms with Gasteiger partial charge < -0.3 is 0 Å². The van der Waals surface area contributed by atoms with Crippen molar-refractivity contribution in [2.75, 3.05) is 5.88 Å². The summed E-state index contributed by atoms with van der Waals surface area (Å²) in [6.07, 6.45) is 3.21. The summed E-state index contributed by atoms with van der Waals surface area (Å²) in [6.45, 7) is 0. The number of aromatic nitrogens is 5. The zero-order chi connectivity index (χ0) is 8.55. The van der Waals surface area contributed by atoms with Crippen molar-refractivity contribution in [3.05, 3.63) is 12.4 Å². The number of alkyl halides is 1. The van der Waals surface area contributed by atoms with Crippen molar-refractivity contribution in [2.45, 2.75) is 0 Å². The highest BCUT2D eigenvalue weighted by molar-refractivity contribution is 6.27. The number of aromatic amines is 1. The van der Waals surface area contributed by atoms with Crippen molar-refractivity contribution < 1.29 is 9.31 Å². The van der Waals surface area contributed by atoms with Crippen LogP contribution in [0.4, 0.5) is 0 Å². The predicted octanol–water partition coefficient (Wildman–Crippen LogP) is -0.776. The number of hydrogen-bond acceptors (Lipinski definition) is 3. The van der Waals surface area contributed by atoms with Gasteiger partial charge in [0.2, 0.25) is 0 Å². The molecular formula is C5H5ClN5O+. The molecule has 0 saturated carbocycles. The van der Waals surface area contributed by atoms with E-state index in [0.29, 0.717) is 5.78 Å². The molecule has 7 heteroatoms. The Balaban J connectivity index is 2.61. The van der Waals surface area contributed by atoms with E-state index in [1.54, 1.807) is 12.4 Å². The number of tetrazole rings is 1. The first-order chi connectivity index (χ1) is 5.83. The number of rotatable bonds is 1. The first-order valence-electron chi connectivity index (χ1n) is 3.22. The number of H-pyrrole nitrogens is 1. The van der Waals surface area contributed by atoms with Gasteiger partial charge in [0.1, 0.15) is 17.3 Å². The summed E-state index contributed by atoms with van der Waals surface area (Å²) in [4.78, 5) is 11.1. The summed E-state index contributed by atoms with van der Waals surface area (Å²) < 4.78 is 2.85. The largest absolute Gasteiger partial charge is 0.418 e. The summed E-state index contributed by atoms with van der Waals surface area (Å²) in [7, 11) is 0. The zero-order valence-electron chi connectivity index (χ0n) is 5.94. The van der Waals surface area contributed by atoms with Gasteiger partial charge in [0.05, 0.1) is 11.3 Å². The number of fused-ring (bicyclic) bond motifs is 1. The van der Waals surface area contributed by atoms with Crippen LogP contribution in [-0.2, 0) is 0 Å². The van der Waals surface area contributed by atoms with Crippen LogP contribution < -0.4 is 4.52 Å². The van der Waals surface area contributed by atoms with Gasteiger partial charge in [-0.1, -0.05) is 5.21 Å². The summed E-state index contributed by atoms with van der Waals surface area (Å²) >= 11 is 5.37. The van der Waals surface area contributed by atoms with E-state index in [1.165, 1.54) is 9.08 Å². The van der Waals surface area contributed by atoms with E-state index in [2.05, 4.69) is 15.5 Å². The van der Waals surface area contributed by atoms with Crippen molar-refractivity contribution in [2.24, 2.45) is 0 Å². The van der Waals surface area contributed by atoms with Gasteiger partial charge in [0.15, 0.2) is 0 Å². The summed E-state index contributed by atoms with van der Waals surface area (Å²) in [5.41, 5.74) is 0. The van der Waals surface area contributed by atoms with E-state index >= 15 is 0 Å². The van der Waals surface area contributed by atoms with E-state index in [-0.39, 0.29) is 11.8 Å². The number of carbonyl (C=O) groups is 1. The topological polar surface area (TPSA) is 67.7 Å². The Labute approximate surface area is 71.7 Å². The molecule has 0 radical (unpaired) electrons. The lowest BCUT2D eigenvalue weighted by molar-refractivity contribution is -0.580. The summed E-state index contributed by atoms with van der Waals surface area (Å²) in [6, 6.07) is 0. The zero-order valence-corrected chi connectivity index (χ0v) is 6.69. The highest BCUT2D eigenvalue weighted by Gasteiger charge is 2.16. The average molecular weight is 187 g/mol. The smallest absolute Gasteiger partial charge is 0.259 e. The lowest BCUT2D eigenvalue weighted by atomic mass is 10.7. The predicted molar refractivity (Wildman–Crippen MR) is 38.9 cm³/mol. The third-order valence-corrected chi connectivity index (χ3v) is 1.70. The Morgan fingerprint density at radius 1 is 1.83 bits per heavy atom. The van der Waals surface area contributed by atoms with Gasteiger partial charge in [0, 0.05) is 0 Å². The fraction of sp³-hybridized carbons (Fsp3) is 0.200.